The molecule has 2 aromatic rings. The van der Waals surface area contributed by atoms with Gasteiger partial charge in [0.05, 0.1) is 4.92 Å². The molecule has 21 heavy (non-hydrogen) atoms. The number of nitrogens with zero attached hydrogens (tertiary/aromatic N) is 3. The third-order valence-electron chi connectivity index (χ3n) is 3.19. The molecule has 0 radical (unpaired) electrons. The number of rotatable bonds is 6. The average Bonchev–Trinajstić information content (AvgIpc) is 2.48. The molecule has 1 heterocycles. The molecule has 1 aromatic carbocycles. The molecule has 0 saturated carbocycles. The predicted octanol–water partition coefficient (Wildman–Crippen LogP) is 2.39. The Morgan fingerprint density at radius 3 is 2.62 bits per heavy atom. The van der Waals surface area contributed by atoms with E-state index in [9.17, 15) is 10.1 Å². The predicted molar refractivity (Wildman–Crippen MR) is 81.6 cm³/mol. The van der Waals surface area contributed by atoms with Crippen molar-refractivity contribution in [1.82, 2.24) is 9.97 Å². The van der Waals surface area contributed by atoms with Crippen molar-refractivity contribution in [3.05, 3.63) is 51.8 Å². The van der Waals surface area contributed by atoms with Crippen molar-refractivity contribution in [2.75, 3.05) is 24.2 Å². The van der Waals surface area contributed by atoms with Gasteiger partial charge in [0.25, 0.3) is 0 Å². The second kappa shape index (κ2) is 6.65. The fourth-order valence-corrected chi connectivity index (χ4v) is 2.07. The highest BCUT2D eigenvalue weighted by atomic mass is 16.6. The highest BCUT2D eigenvalue weighted by molar-refractivity contribution is 5.68. The molecule has 1 aromatic heterocycles. The van der Waals surface area contributed by atoms with Crippen LogP contribution in [0.15, 0.2) is 30.6 Å². The first-order valence-electron chi connectivity index (χ1n) is 6.59. The molecule has 7 heteroatoms. The second-order valence-electron chi connectivity index (χ2n) is 4.53. The van der Waals surface area contributed by atoms with Crippen molar-refractivity contribution in [3.63, 3.8) is 0 Å². The van der Waals surface area contributed by atoms with E-state index in [4.69, 9.17) is 0 Å². The summed E-state index contributed by atoms with van der Waals surface area (Å²) in [5, 5.41) is 16.8. The van der Waals surface area contributed by atoms with Gasteiger partial charge in [0.15, 0.2) is 0 Å². The molecule has 0 saturated heterocycles. The Labute approximate surface area is 122 Å². The summed E-state index contributed by atoms with van der Waals surface area (Å²) >= 11 is 0. The Balaban J connectivity index is 2.10. The Bertz CT molecular complexity index is 645. The molecule has 110 valence electrons. The van der Waals surface area contributed by atoms with Gasteiger partial charge in [0, 0.05) is 13.6 Å². The first-order valence-corrected chi connectivity index (χ1v) is 6.59. The van der Waals surface area contributed by atoms with Gasteiger partial charge in [-0.1, -0.05) is 24.3 Å². The van der Waals surface area contributed by atoms with Gasteiger partial charge in [0.1, 0.15) is 6.33 Å². The summed E-state index contributed by atoms with van der Waals surface area (Å²) in [5.74, 6) is 0.432. The minimum atomic E-state index is -0.484. The molecule has 0 aliphatic heterocycles. The zero-order chi connectivity index (χ0) is 15.2. The van der Waals surface area contributed by atoms with E-state index in [-0.39, 0.29) is 17.3 Å². The van der Waals surface area contributed by atoms with E-state index in [0.717, 1.165) is 6.42 Å². The lowest BCUT2D eigenvalue weighted by molar-refractivity contribution is -0.383. The Kier molecular flexibility index (Phi) is 4.65. The van der Waals surface area contributed by atoms with E-state index in [2.05, 4.69) is 20.6 Å². The van der Waals surface area contributed by atoms with Gasteiger partial charge in [-0.15, -0.1) is 0 Å². The topological polar surface area (TPSA) is 93.0 Å². The molecule has 0 amide bonds. The van der Waals surface area contributed by atoms with Gasteiger partial charge in [0.2, 0.25) is 11.6 Å². The Morgan fingerprint density at radius 1 is 1.24 bits per heavy atom. The molecule has 0 fully saturated rings. The average molecular weight is 287 g/mol. The molecule has 0 unspecified atom stereocenters. The fraction of sp³-hybridized carbons (Fsp3) is 0.286. The lowest BCUT2D eigenvalue weighted by Crippen LogP contribution is -2.11. The highest BCUT2D eigenvalue weighted by Gasteiger charge is 2.21. The Hall–Kier alpha value is -2.70. The molecule has 2 N–H and O–H groups in total. The van der Waals surface area contributed by atoms with Crippen LogP contribution in [-0.2, 0) is 6.42 Å². The summed E-state index contributed by atoms with van der Waals surface area (Å²) in [5.41, 5.74) is 2.27. The zero-order valence-electron chi connectivity index (χ0n) is 12.0. The summed E-state index contributed by atoms with van der Waals surface area (Å²) in [6.07, 6.45) is 2.07. The van der Waals surface area contributed by atoms with Crippen LogP contribution >= 0.6 is 0 Å². The number of aryl methyl sites for hydroxylation is 1. The third-order valence-corrected chi connectivity index (χ3v) is 3.19. The summed E-state index contributed by atoms with van der Waals surface area (Å²) in [6.45, 7) is 2.60. The molecule has 7 nitrogen and oxygen atoms in total. The van der Waals surface area contributed by atoms with Crippen LogP contribution in [0.2, 0.25) is 0 Å². The lowest BCUT2D eigenvalue weighted by atomic mass is 10.1. The summed E-state index contributed by atoms with van der Waals surface area (Å²) in [7, 11) is 1.59. The van der Waals surface area contributed by atoms with E-state index in [1.807, 2.05) is 31.2 Å². The number of aromatic nitrogens is 2. The quantitative estimate of drug-likeness (QED) is 0.626. The number of benzene rings is 1. The van der Waals surface area contributed by atoms with Crippen LogP contribution < -0.4 is 10.6 Å². The minimum Gasteiger partial charge on any atom is -0.367 e. The normalized spacial score (nSPS) is 10.2. The van der Waals surface area contributed by atoms with E-state index in [0.29, 0.717) is 6.54 Å². The van der Waals surface area contributed by atoms with Gasteiger partial charge in [-0.25, -0.2) is 9.97 Å². The summed E-state index contributed by atoms with van der Waals surface area (Å²) in [4.78, 5) is 18.5. The fourth-order valence-electron chi connectivity index (χ4n) is 2.07. The lowest BCUT2D eigenvalue weighted by Gasteiger charge is -2.09. The van der Waals surface area contributed by atoms with E-state index in [1.54, 1.807) is 7.05 Å². The van der Waals surface area contributed by atoms with Crippen molar-refractivity contribution in [2.45, 2.75) is 13.3 Å². The van der Waals surface area contributed by atoms with E-state index in [1.165, 1.54) is 17.5 Å². The highest BCUT2D eigenvalue weighted by Crippen LogP contribution is 2.28. The Morgan fingerprint density at radius 2 is 1.95 bits per heavy atom. The SMILES string of the molecule is CNc1ncnc(NCCc2ccccc2C)c1[N+](=O)[O-]. The van der Waals surface area contributed by atoms with Crippen LogP contribution in [0.3, 0.4) is 0 Å². The monoisotopic (exact) mass is 287 g/mol. The minimum absolute atomic E-state index is 0.134. The maximum Gasteiger partial charge on any atom is 0.353 e. The van der Waals surface area contributed by atoms with E-state index < -0.39 is 4.92 Å². The van der Waals surface area contributed by atoms with Crippen molar-refractivity contribution >= 4 is 17.3 Å². The summed E-state index contributed by atoms with van der Waals surface area (Å²) < 4.78 is 0. The zero-order valence-corrected chi connectivity index (χ0v) is 12.0. The molecule has 0 atom stereocenters. The summed E-state index contributed by atoms with van der Waals surface area (Å²) in [6, 6.07) is 8.06. The first kappa shape index (κ1) is 14.7. The van der Waals surface area contributed by atoms with Crippen molar-refractivity contribution < 1.29 is 4.92 Å². The molecule has 2 rings (SSSR count). The van der Waals surface area contributed by atoms with E-state index >= 15 is 0 Å². The van der Waals surface area contributed by atoms with Gasteiger partial charge < -0.3 is 10.6 Å². The van der Waals surface area contributed by atoms with Crippen LogP contribution in [0.25, 0.3) is 0 Å². The van der Waals surface area contributed by atoms with Crippen molar-refractivity contribution in [2.24, 2.45) is 0 Å². The van der Waals surface area contributed by atoms with Crippen LogP contribution in [0, 0.1) is 17.0 Å². The smallest absolute Gasteiger partial charge is 0.353 e. The maximum absolute atomic E-state index is 11.1. The van der Waals surface area contributed by atoms with Crippen LogP contribution in [0.4, 0.5) is 17.3 Å². The van der Waals surface area contributed by atoms with Gasteiger partial charge >= 0.3 is 5.69 Å². The standard InChI is InChI=1S/C14H17N5O2/c1-10-5-3-4-6-11(10)7-8-16-14-12(19(20)21)13(15-2)17-9-18-14/h3-6,9H,7-8H2,1-2H3,(H2,15,16,17,18). The van der Waals surface area contributed by atoms with Crippen LogP contribution in [0.1, 0.15) is 11.1 Å². The number of anilines is 2. The van der Waals surface area contributed by atoms with Crippen LogP contribution in [-0.4, -0.2) is 28.5 Å². The molecular weight excluding hydrogens is 270 g/mol. The molecular formula is C14H17N5O2. The molecule has 0 aliphatic rings. The van der Waals surface area contributed by atoms with Crippen LogP contribution in [0.5, 0.6) is 0 Å². The van der Waals surface area contributed by atoms with Gasteiger partial charge in [-0.2, -0.15) is 0 Å². The number of nitro groups is 1. The number of nitrogens with one attached hydrogen (secondary N) is 2. The first-order chi connectivity index (χ1) is 10.1. The number of hydrogen-bond donors (Lipinski definition) is 2. The molecule has 0 bridgehead atoms. The number of hydrogen-bond acceptors (Lipinski definition) is 6. The molecule has 0 aliphatic carbocycles. The van der Waals surface area contributed by atoms with Gasteiger partial charge in [-0.3, -0.25) is 10.1 Å². The third kappa shape index (κ3) is 3.44. The van der Waals surface area contributed by atoms with Crippen molar-refractivity contribution in [1.29, 1.82) is 0 Å². The van der Waals surface area contributed by atoms with Crippen molar-refractivity contribution in [3.8, 4) is 0 Å². The maximum atomic E-state index is 11.1. The second-order valence-corrected chi connectivity index (χ2v) is 4.53. The van der Waals surface area contributed by atoms with Gasteiger partial charge in [-0.05, 0) is 24.5 Å². The molecule has 0 spiro atoms. The largest absolute Gasteiger partial charge is 0.367 e.